The van der Waals surface area contributed by atoms with Crippen LogP contribution in [0, 0.1) is 0 Å². The third kappa shape index (κ3) is 5.04. The van der Waals surface area contributed by atoms with E-state index in [-0.39, 0.29) is 12.7 Å². The summed E-state index contributed by atoms with van der Waals surface area (Å²) in [6.45, 7) is 4.25. The summed E-state index contributed by atoms with van der Waals surface area (Å²) < 4.78 is 10.7. The van der Waals surface area contributed by atoms with E-state index in [1.165, 1.54) is 37.9 Å². The summed E-state index contributed by atoms with van der Waals surface area (Å²) in [7, 11) is 0. The average Bonchev–Trinajstić information content (AvgIpc) is 3.20. The lowest BCUT2D eigenvalue weighted by Crippen LogP contribution is -2.29. The van der Waals surface area contributed by atoms with E-state index in [1.54, 1.807) is 0 Å². The molecule has 0 spiro atoms. The van der Waals surface area contributed by atoms with Crippen molar-refractivity contribution in [1.82, 2.24) is 10.2 Å². The molecule has 148 valence electrons. The maximum Gasteiger partial charge on any atom is 0.231 e. The summed E-state index contributed by atoms with van der Waals surface area (Å²) in [5.41, 5.74) is 3.57. The number of ether oxygens (including phenoxy) is 2. The number of aryl methyl sites for hydroxylation is 1. The topological polar surface area (TPSA) is 50.8 Å². The fraction of sp³-hybridized carbons (Fsp3) is 0.435. The number of carbonyl (C=O) groups is 1. The SMILES string of the molecule is O=C(CCc1ccc2c(c1)OCO2)NCc1cccc(CN2CCCCC2)c1. The summed E-state index contributed by atoms with van der Waals surface area (Å²) in [6, 6.07) is 14.4. The Morgan fingerprint density at radius 1 is 0.929 bits per heavy atom. The van der Waals surface area contributed by atoms with E-state index in [9.17, 15) is 4.79 Å². The van der Waals surface area contributed by atoms with Crippen LogP contribution in [0.2, 0.25) is 0 Å². The van der Waals surface area contributed by atoms with Crippen molar-refractivity contribution >= 4 is 5.91 Å². The quantitative estimate of drug-likeness (QED) is 0.797. The Morgan fingerprint density at radius 2 is 1.75 bits per heavy atom. The predicted molar refractivity (Wildman–Crippen MR) is 108 cm³/mol. The molecule has 0 bridgehead atoms. The Balaban J connectivity index is 1.23. The minimum atomic E-state index is 0.0686. The highest BCUT2D eigenvalue weighted by Gasteiger charge is 2.14. The first-order valence-electron chi connectivity index (χ1n) is 10.2. The molecule has 0 saturated carbocycles. The summed E-state index contributed by atoms with van der Waals surface area (Å²) >= 11 is 0. The standard InChI is InChI=1S/C23H28N2O3/c26-23(10-8-18-7-9-21-22(14-18)28-17-27-21)24-15-19-5-4-6-20(13-19)16-25-11-2-1-3-12-25/h4-7,9,13-14H,1-3,8,10-12,15-17H2,(H,24,26). The number of amides is 1. The molecular weight excluding hydrogens is 352 g/mol. The fourth-order valence-electron chi connectivity index (χ4n) is 3.86. The van der Waals surface area contributed by atoms with Crippen LogP contribution in [-0.2, 0) is 24.3 Å². The highest BCUT2D eigenvalue weighted by molar-refractivity contribution is 5.76. The first-order chi connectivity index (χ1) is 13.8. The summed E-state index contributed by atoms with van der Waals surface area (Å²) in [5, 5.41) is 3.04. The van der Waals surface area contributed by atoms with Gasteiger partial charge in [0.1, 0.15) is 0 Å². The van der Waals surface area contributed by atoms with Crippen LogP contribution < -0.4 is 14.8 Å². The number of rotatable bonds is 7. The molecule has 2 aromatic rings. The number of carbonyl (C=O) groups excluding carboxylic acids is 1. The smallest absolute Gasteiger partial charge is 0.231 e. The van der Waals surface area contributed by atoms with Crippen LogP contribution in [0.4, 0.5) is 0 Å². The molecule has 1 saturated heterocycles. The molecule has 0 aliphatic carbocycles. The molecule has 2 aliphatic rings. The van der Waals surface area contributed by atoms with Gasteiger partial charge in [0.15, 0.2) is 11.5 Å². The Labute approximate surface area is 166 Å². The van der Waals surface area contributed by atoms with Crippen LogP contribution in [0.1, 0.15) is 42.4 Å². The lowest BCUT2D eigenvalue weighted by atomic mass is 10.1. The van der Waals surface area contributed by atoms with Crippen LogP contribution >= 0.6 is 0 Å². The van der Waals surface area contributed by atoms with Crippen LogP contribution in [0.15, 0.2) is 42.5 Å². The molecule has 2 aromatic carbocycles. The van der Waals surface area contributed by atoms with Crippen molar-refractivity contribution in [1.29, 1.82) is 0 Å². The van der Waals surface area contributed by atoms with Crippen molar-refractivity contribution in [2.75, 3.05) is 19.9 Å². The molecule has 0 atom stereocenters. The summed E-state index contributed by atoms with van der Waals surface area (Å²) in [6.07, 6.45) is 5.12. The fourth-order valence-corrected chi connectivity index (χ4v) is 3.86. The number of nitrogens with one attached hydrogen (secondary N) is 1. The zero-order chi connectivity index (χ0) is 19.2. The number of hydrogen-bond donors (Lipinski definition) is 1. The van der Waals surface area contributed by atoms with Gasteiger partial charge in [-0.05, 0) is 61.2 Å². The summed E-state index contributed by atoms with van der Waals surface area (Å²) in [5.74, 6) is 1.61. The maximum absolute atomic E-state index is 12.2. The number of likely N-dealkylation sites (tertiary alicyclic amines) is 1. The van der Waals surface area contributed by atoms with Gasteiger partial charge in [0.2, 0.25) is 12.7 Å². The van der Waals surface area contributed by atoms with Gasteiger partial charge < -0.3 is 14.8 Å². The monoisotopic (exact) mass is 380 g/mol. The molecule has 2 aliphatic heterocycles. The van der Waals surface area contributed by atoms with Crippen LogP contribution in [-0.4, -0.2) is 30.7 Å². The van der Waals surface area contributed by atoms with Crippen molar-refractivity contribution in [3.63, 3.8) is 0 Å². The number of nitrogens with zero attached hydrogens (tertiary/aromatic N) is 1. The van der Waals surface area contributed by atoms with Gasteiger partial charge in [-0.2, -0.15) is 0 Å². The normalized spacial score (nSPS) is 16.1. The third-order valence-corrected chi connectivity index (χ3v) is 5.41. The largest absolute Gasteiger partial charge is 0.454 e. The van der Waals surface area contributed by atoms with Gasteiger partial charge >= 0.3 is 0 Å². The van der Waals surface area contributed by atoms with Gasteiger partial charge in [0.25, 0.3) is 0 Å². The van der Waals surface area contributed by atoms with Crippen molar-refractivity contribution < 1.29 is 14.3 Å². The van der Waals surface area contributed by atoms with E-state index in [1.807, 2.05) is 18.2 Å². The zero-order valence-electron chi connectivity index (χ0n) is 16.3. The summed E-state index contributed by atoms with van der Waals surface area (Å²) in [4.78, 5) is 14.8. The Bertz CT molecular complexity index is 815. The van der Waals surface area contributed by atoms with Gasteiger partial charge in [0.05, 0.1) is 0 Å². The first-order valence-corrected chi connectivity index (χ1v) is 10.2. The van der Waals surface area contributed by atoms with Crippen molar-refractivity contribution in [3.05, 3.63) is 59.2 Å². The molecule has 0 unspecified atom stereocenters. The molecule has 0 aromatic heterocycles. The van der Waals surface area contributed by atoms with E-state index < -0.39 is 0 Å². The molecule has 5 nitrogen and oxygen atoms in total. The second kappa shape index (κ2) is 9.11. The first kappa shape index (κ1) is 18.8. The molecule has 1 N–H and O–H groups in total. The van der Waals surface area contributed by atoms with Gasteiger partial charge in [-0.3, -0.25) is 9.69 Å². The molecule has 0 radical (unpaired) electrons. The van der Waals surface area contributed by atoms with Crippen molar-refractivity contribution in [3.8, 4) is 11.5 Å². The van der Waals surface area contributed by atoms with E-state index in [0.717, 1.165) is 29.2 Å². The van der Waals surface area contributed by atoms with E-state index in [0.29, 0.717) is 19.4 Å². The zero-order valence-corrected chi connectivity index (χ0v) is 16.3. The minimum Gasteiger partial charge on any atom is -0.454 e. The predicted octanol–water partition coefficient (Wildman–Crippen LogP) is 3.65. The van der Waals surface area contributed by atoms with Gasteiger partial charge in [0, 0.05) is 19.5 Å². The molecule has 1 fully saturated rings. The molecular formula is C23H28N2O3. The second-order valence-corrected chi connectivity index (χ2v) is 7.62. The average molecular weight is 380 g/mol. The Morgan fingerprint density at radius 3 is 2.64 bits per heavy atom. The van der Waals surface area contributed by atoms with Crippen molar-refractivity contribution in [2.24, 2.45) is 0 Å². The Kier molecular flexibility index (Phi) is 6.12. The molecule has 1 amide bonds. The van der Waals surface area contributed by atoms with E-state index in [4.69, 9.17) is 9.47 Å². The van der Waals surface area contributed by atoms with Crippen molar-refractivity contribution in [2.45, 2.75) is 45.2 Å². The van der Waals surface area contributed by atoms with Gasteiger partial charge in [-0.25, -0.2) is 0 Å². The van der Waals surface area contributed by atoms with E-state index >= 15 is 0 Å². The third-order valence-electron chi connectivity index (χ3n) is 5.41. The van der Waals surface area contributed by atoms with Crippen LogP contribution in [0.3, 0.4) is 0 Å². The number of hydrogen-bond acceptors (Lipinski definition) is 4. The van der Waals surface area contributed by atoms with Crippen LogP contribution in [0.5, 0.6) is 11.5 Å². The number of benzene rings is 2. The molecule has 5 heteroatoms. The molecule has 2 heterocycles. The lowest BCUT2D eigenvalue weighted by Gasteiger charge is -2.26. The van der Waals surface area contributed by atoms with Gasteiger partial charge in [-0.15, -0.1) is 0 Å². The molecule has 4 rings (SSSR count). The second-order valence-electron chi connectivity index (χ2n) is 7.62. The highest BCUT2D eigenvalue weighted by atomic mass is 16.7. The highest BCUT2D eigenvalue weighted by Crippen LogP contribution is 2.32. The minimum absolute atomic E-state index is 0.0686. The number of fused-ring (bicyclic) bond motifs is 1. The number of piperidine rings is 1. The van der Waals surface area contributed by atoms with Crippen LogP contribution in [0.25, 0.3) is 0 Å². The maximum atomic E-state index is 12.2. The lowest BCUT2D eigenvalue weighted by molar-refractivity contribution is -0.121. The van der Waals surface area contributed by atoms with Gasteiger partial charge in [-0.1, -0.05) is 36.8 Å². The molecule has 28 heavy (non-hydrogen) atoms. The van der Waals surface area contributed by atoms with E-state index in [2.05, 4.69) is 34.5 Å². The Hall–Kier alpha value is -2.53.